The second-order valence-corrected chi connectivity index (χ2v) is 7.99. The summed E-state index contributed by atoms with van der Waals surface area (Å²) >= 11 is 0. The number of halogens is 1. The third-order valence-electron chi connectivity index (χ3n) is 5.79. The Morgan fingerprint density at radius 3 is 2.55 bits per heavy atom. The molecule has 1 atom stereocenters. The number of terminal acetylenes is 1. The topological polar surface area (TPSA) is 93.0 Å². The zero-order valence-electron chi connectivity index (χ0n) is 18.1. The Morgan fingerprint density at radius 1 is 1.21 bits per heavy atom. The maximum absolute atomic E-state index is 13.6. The average Bonchev–Trinajstić information content (AvgIpc) is 3.52. The first-order valence-corrected chi connectivity index (χ1v) is 10.7. The van der Waals surface area contributed by atoms with E-state index in [1.807, 2.05) is 6.92 Å². The van der Waals surface area contributed by atoms with Gasteiger partial charge in [-0.2, -0.15) is 0 Å². The van der Waals surface area contributed by atoms with Crippen molar-refractivity contribution in [2.24, 2.45) is 0 Å². The number of hydrogen-bond acceptors (Lipinski definition) is 5. The molecule has 4 rings (SSSR count). The number of amides is 2. The minimum Gasteiger partial charge on any atom is -0.351 e. The van der Waals surface area contributed by atoms with Gasteiger partial charge in [0.2, 0.25) is 5.91 Å². The van der Waals surface area contributed by atoms with Crippen molar-refractivity contribution < 1.29 is 14.0 Å². The van der Waals surface area contributed by atoms with Crippen LogP contribution in [0.5, 0.6) is 0 Å². The molecule has 1 unspecified atom stereocenters. The van der Waals surface area contributed by atoms with Crippen LogP contribution in [0.1, 0.15) is 42.9 Å². The number of hydrogen-bond donors (Lipinski definition) is 1. The normalized spacial score (nSPS) is 14.5. The van der Waals surface area contributed by atoms with E-state index in [4.69, 9.17) is 6.42 Å². The van der Waals surface area contributed by atoms with Gasteiger partial charge < -0.3 is 5.32 Å². The largest absolute Gasteiger partial charge is 0.351 e. The van der Waals surface area contributed by atoms with Gasteiger partial charge in [-0.25, -0.2) is 9.07 Å². The predicted octanol–water partition coefficient (Wildman–Crippen LogP) is 2.88. The molecule has 2 amide bonds. The quantitative estimate of drug-likeness (QED) is 0.588. The number of tetrazole rings is 1. The molecule has 33 heavy (non-hydrogen) atoms. The number of nitrogens with zero attached hydrogens (tertiary/aromatic N) is 5. The van der Waals surface area contributed by atoms with E-state index >= 15 is 0 Å². The molecule has 1 N–H and O–H groups in total. The van der Waals surface area contributed by atoms with Crippen molar-refractivity contribution >= 4 is 17.5 Å². The lowest BCUT2D eigenvalue weighted by molar-refractivity contribution is -0.125. The van der Waals surface area contributed by atoms with Gasteiger partial charge in [0.1, 0.15) is 18.2 Å². The lowest BCUT2D eigenvalue weighted by atomic mass is 10.0. The molecule has 0 bridgehead atoms. The highest BCUT2D eigenvalue weighted by Crippen LogP contribution is 2.31. The summed E-state index contributed by atoms with van der Waals surface area (Å²) in [6.07, 6.45) is 10.8. The van der Waals surface area contributed by atoms with Crippen molar-refractivity contribution in [2.75, 3.05) is 4.90 Å². The van der Waals surface area contributed by atoms with E-state index in [9.17, 15) is 14.0 Å². The van der Waals surface area contributed by atoms with E-state index in [0.29, 0.717) is 16.9 Å². The number of carbonyl (C=O) groups is 2. The first-order chi connectivity index (χ1) is 16.0. The van der Waals surface area contributed by atoms with Crippen LogP contribution in [0.4, 0.5) is 10.1 Å². The Kier molecular flexibility index (Phi) is 6.45. The molecule has 1 aromatic heterocycles. The highest BCUT2D eigenvalue weighted by atomic mass is 19.1. The molecule has 1 aliphatic carbocycles. The minimum absolute atomic E-state index is 0.0344. The number of anilines is 1. The van der Waals surface area contributed by atoms with Crippen LogP contribution in [0.2, 0.25) is 0 Å². The lowest BCUT2D eigenvalue weighted by Gasteiger charge is -2.31. The van der Waals surface area contributed by atoms with E-state index < -0.39 is 17.8 Å². The Bertz CT molecular complexity index is 1180. The molecule has 1 aliphatic rings. The van der Waals surface area contributed by atoms with Crippen molar-refractivity contribution in [1.82, 2.24) is 25.5 Å². The van der Waals surface area contributed by atoms with E-state index in [0.717, 1.165) is 31.2 Å². The fraction of sp³-hybridized carbons (Fsp3) is 0.292. The van der Waals surface area contributed by atoms with Gasteiger partial charge in [-0.05, 0) is 77.6 Å². The van der Waals surface area contributed by atoms with Crippen molar-refractivity contribution in [1.29, 1.82) is 0 Å². The molecule has 0 radical (unpaired) electrons. The first kappa shape index (κ1) is 22.1. The molecular weight excluding hydrogens is 423 g/mol. The summed E-state index contributed by atoms with van der Waals surface area (Å²) < 4.78 is 15.1. The van der Waals surface area contributed by atoms with Crippen LogP contribution in [0.25, 0.3) is 5.69 Å². The van der Waals surface area contributed by atoms with Crippen LogP contribution < -0.4 is 10.2 Å². The average molecular weight is 446 g/mol. The smallest absolute Gasteiger partial charge is 0.303 e. The molecule has 1 heterocycles. The maximum Gasteiger partial charge on any atom is 0.303 e. The summed E-state index contributed by atoms with van der Waals surface area (Å²) in [5.74, 6) is 0.649. The lowest BCUT2D eigenvalue weighted by Crippen LogP contribution is -2.46. The number of carbonyl (C=O) groups excluding carboxylic acids is 2. The zero-order valence-corrected chi connectivity index (χ0v) is 18.1. The van der Waals surface area contributed by atoms with Gasteiger partial charge in [0.15, 0.2) is 0 Å². The molecule has 2 aromatic carbocycles. The Hall–Kier alpha value is -4.06. The number of nitrogens with one attached hydrogen (secondary N) is 1. The predicted molar refractivity (Wildman–Crippen MR) is 120 cm³/mol. The van der Waals surface area contributed by atoms with E-state index in [-0.39, 0.29) is 11.9 Å². The fourth-order valence-electron chi connectivity index (χ4n) is 4.18. The maximum atomic E-state index is 13.6. The van der Waals surface area contributed by atoms with Crippen molar-refractivity contribution in [3.05, 3.63) is 65.7 Å². The van der Waals surface area contributed by atoms with Crippen molar-refractivity contribution in [3.8, 4) is 18.0 Å². The standard InChI is InChI=1S/C24H23FN6O2/c1-3-22(32)31(20-12-13-21(16(2)14-20)30-15-26-28-29-30)23(17-8-10-18(25)11-9-17)24(33)27-19-6-4-5-7-19/h1,8-15,19,23H,4-7H2,2H3,(H,27,33). The van der Waals surface area contributed by atoms with Gasteiger partial charge >= 0.3 is 5.91 Å². The molecule has 1 fully saturated rings. The molecule has 8 nitrogen and oxygen atoms in total. The minimum atomic E-state index is -1.06. The Balaban J connectivity index is 1.77. The molecule has 3 aromatic rings. The van der Waals surface area contributed by atoms with E-state index in [1.54, 1.807) is 18.2 Å². The van der Waals surface area contributed by atoms with Gasteiger partial charge in [0.05, 0.1) is 5.69 Å². The monoisotopic (exact) mass is 446 g/mol. The number of aromatic nitrogens is 4. The fourth-order valence-corrected chi connectivity index (χ4v) is 4.18. The summed E-state index contributed by atoms with van der Waals surface area (Å²) in [5, 5.41) is 14.2. The van der Waals surface area contributed by atoms with Crippen molar-refractivity contribution in [3.63, 3.8) is 0 Å². The van der Waals surface area contributed by atoms with Crippen molar-refractivity contribution in [2.45, 2.75) is 44.7 Å². The van der Waals surface area contributed by atoms with Gasteiger partial charge in [-0.15, -0.1) is 11.5 Å². The molecular formula is C24H23FN6O2. The summed E-state index contributed by atoms with van der Waals surface area (Å²) in [6, 6.07) is 9.64. The number of benzene rings is 2. The summed E-state index contributed by atoms with van der Waals surface area (Å²) in [5.41, 5.74) is 2.37. The van der Waals surface area contributed by atoms with Gasteiger partial charge in [0.25, 0.3) is 0 Å². The van der Waals surface area contributed by atoms with Crippen LogP contribution in [0.3, 0.4) is 0 Å². The number of aryl methyl sites for hydroxylation is 1. The van der Waals surface area contributed by atoms with Crippen LogP contribution in [0.15, 0.2) is 48.8 Å². The van der Waals surface area contributed by atoms with Gasteiger partial charge in [-0.1, -0.05) is 25.0 Å². The Morgan fingerprint density at radius 2 is 1.94 bits per heavy atom. The van der Waals surface area contributed by atoms with Crippen LogP contribution >= 0.6 is 0 Å². The Labute approximate surface area is 190 Å². The van der Waals surface area contributed by atoms with E-state index in [1.165, 1.54) is 40.2 Å². The van der Waals surface area contributed by atoms with Gasteiger partial charge in [-0.3, -0.25) is 14.5 Å². The molecule has 1 saturated carbocycles. The molecule has 0 saturated heterocycles. The van der Waals surface area contributed by atoms with E-state index in [2.05, 4.69) is 26.8 Å². The first-order valence-electron chi connectivity index (χ1n) is 10.7. The molecule has 9 heteroatoms. The second kappa shape index (κ2) is 9.61. The molecule has 0 spiro atoms. The molecule has 168 valence electrons. The van der Waals surface area contributed by atoms with Gasteiger partial charge in [0, 0.05) is 11.7 Å². The highest BCUT2D eigenvalue weighted by Gasteiger charge is 2.34. The zero-order chi connectivity index (χ0) is 23.4. The summed E-state index contributed by atoms with van der Waals surface area (Å²) in [4.78, 5) is 27.7. The third-order valence-corrected chi connectivity index (χ3v) is 5.79. The summed E-state index contributed by atoms with van der Waals surface area (Å²) in [6.45, 7) is 1.84. The van der Waals surface area contributed by atoms with Crippen LogP contribution in [-0.4, -0.2) is 38.1 Å². The number of rotatable bonds is 6. The SMILES string of the molecule is C#CC(=O)N(c1ccc(-n2cnnn2)c(C)c1)C(C(=O)NC1CCCC1)c1ccc(F)cc1. The highest BCUT2D eigenvalue weighted by molar-refractivity contribution is 6.09. The second-order valence-electron chi connectivity index (χ2n) is 7.99. The summed E-state index contributed by atoms with van der Waals surface area (Å²) in [7, 11) is 0. The third kappa shape index (κ3) is 4.75. The molecule has 0 aliphatic heterocycles. The van der Waals surface area contributed by atoms with Crippen LogP contribution in [0, 0.1) is 25.1 Å². The van der Waals surface area contributed by atoms with Crippen LogP contribution in [-0.2, 0) is 9.59 Å².